The van der Waals surface area contributed by atoms with Gasteiger partial charge in [-0.3, -0.25) is 0 Å². The van der Waals surface area contributed by atoms with E-state index in [1.807, 2.05) is 25.1 Å². The average molecular weight is 336 g/mol. The molecule has 0 aliphatic rings. The standard InChI is InChI=1S/C21H20O2S/c1-16(22-2)23-19-12-8-17(9-13-19)18-10-14-21(15-11-18)24-20-6-4-3-5-7-20/h3-16H,1-2H3. The molecule has 0 fully saturated rings. The summed E-state index contributed by atoms with van der Waals surface area (Å²) in [5.41, 5.74) is 2.36. The summed E-state index contributed by atoms with van der Waals surface area (Å²) in [6.07, 6.45) is -0.245. The second-order valence-electron chi connectivity index (χ2n) is 5.39. The van der Waals surface area contributed by atoms with Crippen molar-refractivity contribution in [3.63, 3.8) is 0 Å². The molecule has 0 saturated heterocycles. The Labute approximate surface area is 147 Å². The van der Waals surface area contributed by atoms with Crippen molar-refractivity contribution in [1.29, 1.82) is 0 Å². The highest BCUT2D eigenvalue weighted by Crippen LogP contribution is 2.30. The fraction of sp³-hybridized carbons (Fsp3) is 0.143. The van der Waals surface area contributed by atoms with Gasteiger partial charge in [0.2, 0.25) is 0 Å². The van der Waals surface area contributed by atoms with Crippen LogP contribution >= 0.6 is 11.8 Å². The molecule has 0 spiro atoms. The summed E-state index contributed by atoms with van der Waals surface area (Å²) in [5.74, 6) is 0.810. The second-order valence-corrected chi connectivity index (χ2v) is 6.53. The van der Waals surface area contributed by atoms with E-state index in [0.717, 1.165) is 5.75 Å². The van der Waals surface area contributed by atoms with E-state index < -0.39 is 0 Å². The molecule has 122 valence electrons. The van der Waals surface area contributed by atoms with Gasteiger partial charge in [-0.2, -0.15) is 0 Å². The zero-order valence-electron chi connectivity index (χ0n) is 13.8. The largest absolute Gasteiger partial charge is 0.465 e. The topological polar surface area (TPSA) is 18.5 Å². The Balaban J connectivity index is 1.69. The molecular weight excluding hydrogens is 316 g/mol. The van der Waals surface area contributed by atoms with E-state index >= 15 is 0 Å². The van der Waals surface area contributed by atoms with Crippen LogP contribution in [0.5, 0.6) is 5.75 Å². The van der Waals surface area contributed by atoms with Gasteiger partial charge < -0.3 is 9.47 Å². The molecule has 3 aromatic carbocycles. The van der Waals surface area contributed by atoms with E-state index in [-0.39, 0.29) is 6.29 Å². The average Bonchev–Trinajstić information content (AvgIpc) is 2.64. The van der Waals surface area contributed by atoms with Crippen LogP contribution in [0.1, 0.15) is 6.92 Å². The van der Waals surface area contributed by atoms with E-state index in [4.69, 9.17) is 9.47 Å². The van der Waals surface area contributed by atoms with Crippen LogP contribution in [-0.2, 0) is 4.74 Å². The van der Waals surface area contributed by atoms with Crippen molar-refractivity contribution in [1.82, 2.24) is 0 Å². The minimum absolute atomic E-state index is 0.245. The summed E-state index contributed by atoms with van der Waals surface area (Å²) >= 11 is 1.77. The Morgan fingerprint density at radius 3 is 1.83 bits per heavy atom. The van der Waals surface area contributed by atoms with Crippen molar-refractivity contribution in [3.05, 3.63) is 78.9 Å². The van der Waals surface area contributed by atoms with Crippen molar-refractivity contribution in [2.45, 2.75) is 23.0 Å². The Kier molecular flexibility index (Phi) is 5.57. The Hall–Kier alpha value is -2.23. The summed E-state index contributed by atoms with van der Waals surface area (Å²) in [6.45, 7) is 1.87. The third-order valence-electron chi connectivity index (χ3n) is 3.65. The van der Waals surface area contributed by atoms with Crippen LogP contribution in [0.4, 0.5) is 0 Å². The molecule has 0 bridgehead atoms. The number of rotatable bonds is 6. The van der Waals surface area contributed by atoms with E-state index in [9.17, 15) is 0 Å². The van der Waals surface area contributed by atoms with E-state index in [1.54, 1.807) is 18.9 Å². The fourth-order valence-electron chi connectivity index (χ4n) is 2.31. The second kappa shape index (κ2) is 8.04. The molecule has 0 aliphatic carbocycles. The van der Waals surface area contributed by atoms with Crippen molar-refractivity contribution in [3.8, 4) is 16.9 Å². The maximum atomic E-state index is 5.61. The molecule has 3 rings (SSSR count). The normalized spacial score (nSPS) is 11.9. The highest BCUT2D eigenvalue weighted by Gasteiger charge is 2.03. The molecule has 24 heavy (non-hydrogen) atoms. The minimum atomic E-state index is -0.245. The smallest absolute Gasteiger partial charge is 0.196 e. The lowest BCUT2D eigenvalue weighted by molar-refractivity contribution is -0.0382. The summed E-state index contributed by atoms with van der Waals surface area (Å²) < 4.78 is 10.7. The van der Waals surface area contributed by atoms with Crippen molar-refractivity contribution in [2.24, 2.45) is 0 Å². The number of hydrogen-bond acceptors (Lipinski definition) is 3. The molecule has 3 heteroatoms. The summed E-state index contributed by atoms with van der Waals surface area (Å²) in [5, 5.41) is 0. The van der Waals surface area contributed by atoms with Crippen LogP contribution in [0.15, 0.2) is 88.7 Å². The third-order valence-corrected chi connectivity index (χ3v) is 4.67. The lowest BCUT2D eigenvalue weighted by Gasteiger charge is -2.13. The molecule has 1 unspecified atom stereocenters. The highest BCUT2D eigenvalue weighted by molar-refractivity contribution is 7.99. The monoisotopic (exact) mass is 336 g/mol. The van der Waals surface area contributed by atoms with Gasteiger partial charge in [0.1, 0.15) is 5.75 Å². The van der Waals surface area contributed by atoms with Gasteiger partial charge in [0.25, 0.3) is 0 Å². The first-order chi connectivity index (χ1) is 11.7. The lowest BCUT2D eigenvalue weighted by Crippen LogP contribution is -2.13. The van der Waals surface area contributed by atoms with Crippen LogP contribution in [0.2, 0.25) is 0 Å². The van der Waals surface area contributed by atoms with E-state index in [2.05, 4.69) is 60.7 Å². The fourth-order valence-corrected chi connectivity index (χ4v) is 3.14. The van der Waals surface area contributed by atoms with Crippen LogP contribution in [0, 0.1) is 0 Å². The first-order valence-corrected chi connectivity index (χ1v) is 8.69. The molecule has 0 aliphatic heterocycles. The SMILES string of the molecule is COC(C)Oc1ccc(-c2ccc(Sc3ccccc3)cc2)cc1. The zero-order chi connectivity index (χ0) is 16.8. The molecule has 0 radical (unpaired) electrons. The first kappa shape index (κ1) is 16.6. The van der Waals surface area contributed by atoms with Crippen molar-refractivity contribution < 1.29 is 9.47 Å². The number of benzene rings is 3. The molecule has 0 heterocycles. The minimum Gasteiger partial charge on any atom is -0.465 e. The molecule has 0 N–H and O–H groups in total. The molecule has 0 amide bonds. The molecule has 2 nitrogen and oxygen atoms in total. The summed E-state index contributed by atoms with van der Waals surface area (Å²) in [6, 6.07) is 27.1. The molecule has 3 aromatic rings. The molecule has 1 atom stereocenters. The Morgan fingerprint density at radius 2 is 1.25 bits per heavy atom. The molecule has 0 aromatic heterocycles. The quantitative estimate of drug-likeness (QED) is 0.524. The Bertz CT molecular complexity index is 752. The van der Waals surface area contributed by atoms with Gasteiger partial charge in [-0.05, 0) is 54.4 Å². The lowest BCUT2D eigenvalue weighted by atomic mass is 10.1. The predicted octanol–water partition coefficient (Wildman–Crippen LogP) is 5.88. The van der Waals surface area contributed by atoms with Gasteiger partial charge in [0.15, 0.2) is 6.29 Å². The predicted molar refractivity (Wildman–Crippen MR) is 99.5 cm³/mol. The summed E-state index contributed by atoms with van der Waals surface area (Å²) in [7, 11) is 1.63. The first-order valence-electron chi connectivity index (χ1n) is 7.87. The third kappa shape index (κ3) is 4.40. The van der Waals surface area contributed by atoms with Crippen molar-refractivity contribution in [2.75, 3.05) is 7.11 Å². The van der Waals surface area contributed by atoms with Crippen LogP contribution in [0.25, 0.3) is 11.1 Å². The van der Waals surface area contributed by atoms with Gasteiger partial charge in [-0.1, -0.05) is 54.2 Å². The number of ether oxygens (including phenoxy) is 2. The zero-order valence-corrected chi connectivity index (χ0v) is 14.6. The van der Waals surface area contributed by atoms with Gasteiger partial charge in [-0.25, -0.2) is 0 Å². The van der Waals surface area contributed by atoms with Gasteiger partial charge in [-0.15, -0.1) is 0 Å². The van der Waals surface area contributed by atoms with Gasteiger partial charge in [0, 0.05) is 16.9 Å². The van der Waals surface area contributed by atoms with Crippen LogP contribution < -0.4 is 4.74 Å². The summed E-state index contributed by atoms with van der Waals surface area (Å²) in [4.78, 5) is 2.48. The van der Waals surface area contributed by atoms with Crippen molar-refractivity contribution >= 4 is 11.8 Å². The van der Waals surface area contributed by atoms with E-state index in [1.165, 1.54) is 20.9 Å². The molecule has 0 saturated carbocycles. The maximum Gasteiger partial charge on any atom is 0.196 e. The number of hydrogen-bond donors (Lipinski definition) is 0. The van der Waals surface area contributed by atoms with Crippen LogP contribution in [-0.4, -0.2) is 13.4 Å². The van der Waals surface area contributed by atoms with Gasteiger partial charge >= 0.3 is 0 Å². The highest BCUT2D eigenvalue weighted by atomic mass is 32.2. The molecular formula is C21H20O2S. The van der Waals surface area contributed by atoms with Crippen LogP contribution in [0.3, 0.4) is 0 Å². The van der Waals surface area contributed by atoms with E-state index in [0.29, 0.717) is 0 Å². The van der Waals surface area contributed by atoms with Gasteiger partial charge in [0.05, 0.1) is 0 Å². The Morgan fingerprint density at radius 1 is 0.708 bits per heavy atom. The maximum absolute atomic E-state index is 5.61. The number of methoxy groups -OCH3 is 1.